The number of benzene rings is 1. The molecule has 9 heteroatoms. The maximum atomic E-state index is 12.6. The number of hydrogen-bond acceptors (Lipinski definition) is 9. The highest BCUT2D eigenvalue weighted by Gasteiger charge is 2.21. The molecule has 2 rings (SSSR count). The number of anilines is 1. The third kappa shape index (κ3) is 15.8. The molecule has 1 saturated heterocycles. The van der Waals surface area contributed by atoms with Crippen molar-refractivity contribution in [1.29, 1.82) is 0 Å². The van der Waals surface area contributed by atoms with Crippen LogP contribution in [0.1, 0.15) is 59.9 Å². The maximum absolute atomic E-state index is 12.6. The highest BCUT2D eigenvalue weighted by atomic mass is 16.6. The summed E-state index contributed by atoms with van der Waals surface area (Å²) in [7, 11) is 0. The number of ether oxygens (including phenoxy) is 2. The molecule has 1 heterocycles. The molecule has 0 radical (unpaired) electrons. The van der Waals surface area contributed by atoms with Crippen molar-refractivity contribution >= 4 is 17.6 Å². The van der Waals surface area contributed by atoms with Crippen LogP contribution in [0.2, 0.25) is 0 Å². The highest BCUT2D eigenvalue weighted by Crippen LogP contribution is 2.11. The van der Waals surface area contributed by atoms with Crippen LogP contribution in [0.3, 0.4) is 0 Å². The molecular formula is C30H53N5O4. The number of nitrogens with two attached hydrogens (primary N) is 1. The van der Waals surface area contributed by atoms with Gasteiger partial charge in [-0.2, -0.15) is 0 Å². The van der Waals surface area contributed by atoms with Crippen molar-refractivity contribution in [3.63, 3.8) is 0 Å². The van der Waals surface area contributed by atoms with Gasteiger partial charge in [-0.3, -0.25) is 19.4 Å². The van der Waals surface area contributed by atoms with E-state index < -0.39 is 11.2 Å². The average Bonchev–Trinajstić information content (AvgIpc) is 2.80. The molecule has 1 aromatic rings. The molecule has 0 aromatic heterocycles. The van der Waals surface area contributed by atoms with Gasteiger partial charge >= 0.3 is 11.9 Å². The summed E-state index contributed by atoms with van der Waals surface area (Å²) in [6.45, 7) is 19.6. The van der Waals surface area contributed by atoms with Crippen LogP contribution in [0, 0.1) is 0 Å². The highest BCUT2D eigenvalue weighted by molar-refractivity contribution is 5.72. The van der Waals surface area contributed by atoms with Crippen molar-refractivity contribution in [2.24, 2.45) is 0 Å². The van der Waals surface area contributed by atoms with E-state index in [9.17, 15) is 9.59 Å². The molecule has 0 bridgehead atoms. The van der Waals surface area contributed by atoms with Crippen LogP contribution in [0.25, 0.3) is 0 Å². The summed E-state index contributed by atoms with van der Waals surface area (Å²) < 4.78 is 11.2. The Morgan fingerprint density at radius 1 is 0.744 bits per heavy atom. The lowest BCUT2D eigenvalue weighted by atomic mass is 10.1. The van der Waals surface area contributed by atoms with Crippen molar-refractivity contribution < 1.29 is 19.1 Å². The van der Waals surface area contributed by atoms with E-state index in [2.05, 4.69) is 32.1 Å². The van der Waals surface area contributed by atoms with Crippen molar-refractivity contribution in [2.45, 2.75) is 72.0 Å². The van der Waals surface area contributed by atoms with Gasteiger partial charge in [-0.15, -0.1) is 0 Å². The molecule has 0 spiro atoms. The van der Waals surface area contributed by atoms with E-state index in [0.717, 1.165) is 83.9 Å². The summed E-state index contributed by atoms with van der Waals surface area (Å²) in [6.07, 6.45) is 2.80. The second kappa shape index (κ2) is 16.2. The molecule has 222 valence electrons. The van der Waals surface area contributed by atoms with E-state index in [1.54, 1.807) is 0 Å². The van der Waals surface area contributed by atoms with Crippen LogP contribution in [-0.4, -0.2) is 110 Å². The first-order valence-corrected chi connectivity index (χ1v) is 14.4. The van der Waals surface area contributed by atoms with Crippen LogP contribution < -0.4 is 11.1 Å². The first-order chi connectivity index (χ1) is 18.3. The zero-order valence-corrected chi connectivity index (χ0v) is 25.3. The van der Waals surface area contributed by atoms with E-state index in [0.29, 0.717) is 13.1 Å². The third-order valence-corrected chi connectivity index (χ3v) is 6.36. The summed E-state index contributed by atoms with van der Waals surface area (Å²) in [6, 6.07) is 8.07. The van der Waals surface area contributed by atoms with Gasteiger partial charge in [-0.05, 0) is 98.1 Å². The molecule has 1 aromatic carbocycles. The molecule has 39 heavy (non-hydrogen) atoms. The number of nitrogen functional groups attached to an aromatic ring is 1. The molecular weight excluding hydrogens is 494 g/mol. The molecule has 1 aliphatic rings. The molecule has 0 saturated carbocycles. The summed E-state index contributed by atoms with van der Waals surface area (Å²) in [5.41, 5.74) is 6.92. The second-order valence-electron chi connectivity index (χ2n) is 12.5. The monoisotopic (exact) mass is 547 g/mol. The van der Waals surface area contributed by atoms with E-state index in [1.807, 2.05) is 53.7 Å². The van der Waals surface area contributed by atoms with E-state index >= 15 is 0 Å². The van der Waals surface area contributed by atoms with Gasteiger partial charge in [0.15, 0.2) is 0 Å². The van der Waals surface area contributed by atoms with Gasteiger partial charge in [0.1, 0.15) is 11.2 Å². The Labute approximate surface area is 236 Å². The van der Waals surface area contributed by atoms with Crippen molar-refractivity contribution in [3.8, 4) is 0 Å². The van der Waals surface area contributed by atoms with Crippen LogP contribution in [0.5, 0.6) is 0 Å². The SMILES string of the molecule is CC(C)(C)OC(=O)CN1CCCN(CCc2ccc(N)cc2)CCN(CC(=O)OC(C)(C)C)CCCNCC1. The fourth-order valence-electron chi connectivity index (χ4n) is 4.55. The van der Waals surface area contributed by atoms with E-state index in [4.69, 9.17) is 15.2 Å². The molecule has 1 fully saturated rings. The largest absolute Gasteiger partial charge is 0.459 e. The lowest BCUT2D eigenvalue weighted by Crippen LogP contribution is -2.43. The normalized spacial score (nSPS) is 18.3. The van der Waals surface area contributed by atoms with Gasteiger partial charge in [0, 0.05) is 45.0 Å². The molecule has 0 amide bonds. The van der Waals surface area contributed by atoms with Gasteiger partial charge in [0.2, 0.25) is 0 Å². The standard InChI is InChI=1S/C30H53N5O4/c1-29(2,3)38-27(36)23-34-18-8-17-33(19-13-25-9-11-26(31)12-10-25)21-22-35(16-7-14-32-15-20-34)24-28(37)39-30(4,5)6/h9-12,32H,7-8,13-24,31H2,1-6H3. The molecule has 0 unspecified atom stereocenters. The zero-order valence-electron chi connectivity index (χ0n) is 25.3. The number of rotatable bonds is 7. The van der Waals surface area contributed by atoms with Crippen LogP contribution in [0.15, 0.2) is 24.3 Å². The summed E-state index contributed by atoms with van der Waals surface area (Å²) in [5.74, 6) is -0.357. The van der Waals surface area contributed by atoms with Gasteiger partial charge < -0.3 is 25.4 Å². The quantitative estimate of drug-likeness (QED) is 0.394. The Morgan fingerprint density at radius 2 is 1.26 bits per heavy atom. The first kappa shape index (κ1) is 33.0. The van der Waals surface area contributed by atoms with Gasteiger partial charge in [-0.25, -0.2) is 0 Å². The number of nitrogens with zero attached hydrogens (tertiary/aromatic N) is 3. The predicted octanol–water partition coefficient (Wildman–Crippen LogP) is 2.78. The Kier molecular flexibility index (Phi) is 13.7. The number of carbonyl (C=O) groups is 2. The second-order valence-corrected chi connectivity index (χ2v) is 12.5. The zero-order chi connectivity index (χ0) is 28.9. The molecule has 1 aliphatic heterocycles. The van der Waals surface area contributed by atoms with Crippen LogP contribution >= 0.6 is 0 Å². The number of nitrogens with one attached hydrogen (secondary N) is 1. The molecule has 0 atom stereocenters. The predicted molar refractivity (Wildman–Crippen MR) is 158 cm³/mol. The summed E-state index contributed by atoms with van der Waals surface area (Å²) in [5, 5.41) is 3.50. The topological polar surface area (TPSA) is 100 Å². The Morgan fingerprint density at radius 3 is 1.85 bits per heavy atom. The molecule has 9 nitrogen and oxygen atoms in total. The van der Waals surface area contributed by atoms with Gasteiger partial charge in [0.05, 0.1) is 13.1 Å². The van der Waals surface area contributed by atoms with Crippen molar-refractivity contribution in [1.82, 2.24) is 20.0 Å². The summed E-state index contributed by atoms with van der Waals surface area (Å²) >= 11 is 0. The van der Waals surface area contributed by atoms with E-state index in [1.165, 1.54) is 5.56 Å². The van der Waals surface area contributed by atoms with Gasteiger partial charge in [0.25, 0.3) is 0 Å². The van der Waals surface area contributed by atoms with Crippen LogP contribution in [-0.2, 0) is 25.5 Å². The number of esters is 2. The third-order valence-electron chi connectivity index (χ3n) is 6.36. The lowest BCUT2D eigenvalue weighted by molar-refractivity contribution is -0.157. The minimum atomic E-state index is -0.488. The fraction of sp³-hybridized carbons (Fsp3) is 0.733. The van der Waals surface area contributed by atoms with Crippen LogP contribution in [0.4, 0.5) is 5.69 Å². The minimum Gasteiger partial charge on any atom is -0.459 e. The molecule has 0 aliphatic carbocycles. The summed E-state index contributed by atoms with van der Waals surface area (Å²) in [4.78, 5) is 32.0. The first-order valence-electron chi connectivity index (χ1n) is 14.4. The smallest absolute Gasteiger partial charge is 0.320 e. The minimum absolute atomic E-state index is 0.178. The Bertz CT molecular complexity index is 864. The fourth-order valence-corrected chi connectivity index (χ4v) is 4.55. The molecule has 3 N–H and O–H groups in total. The Hall–Kier alpha value is -2.20. The average molecular weight is 548 g/mol. The van der Waals surface area contributed by atoms with Crippen molar-refractivity contribution in [3.05, 3.63) is 29.8 Å². The maximum Gasteiger partial charge on any atom is 0.320 e. The van der Waals surface area contributed by atoms with E-state index in [-0.39, 0.29) is 11.9 Å². The lowest BCUT2D eigenvalue weighted by Gasteiger charge is -2.30. The number of carbonyl (C=O) groups excluding carboxylic acids is 2. The number of hydrogen-bond donors (Lipinski definition) is 2. The van der Waals surface area contributed by atoms with Gasteiger partial charge in [-0.1, -0.05) is 12.1 Å². The van der Waals surface area contributed by atoms with Crippen molar-refractivity contribution in [2.75, 3.05) is 77.7 Å². The Balaban J connectivity index is 2.04.